The maximum atomic E-state index is 4.20. The summed E-state index contributed by atoms with van der Waals surface area (Å²) in [6.45, 7) is 5.46. The smallest absolute Gasteiger partial charge is 0.0315 e. The summed E-state index contributed by atoms with van der Waals surface area (Å²) < 4.78 is 0. The SMILES string of the molecule is Cc1ccncc1CN(C)C1CCCNC1. The molecule has 16 heavy (non-hydrogen) atoms. The summed E-state index contributed by atoms with van der Waals surface area (Å²) in [5, 5.41) is 3.46. The lowest BCUT2D eigenvalue weighted by Crippen LogP contribution is -2.43. The highest BCUT2D eigenvalue weighted by Crippen LogP contribution is 2.13. The van der Waals surface area contributed by atoms with Gasteiger partial charge in [0, 0.05) is 31.5 Å². The molecule has 0 spiro atoms. The molecule has 0 saturated carbocycles. The van der Waals surface area contributed by atoms with Crippen LogP contribution in [0.2, 0.25) is 0 Å². The Kier molecular flexibility index (Phi) is 3.91. The number of nitrogens with one attached hydrogen (secondary N) is 1. The number of hydrogen-bond acceptors (Lipinski definition) is 3. The van der Waals surface area contributed by atoms with Gasteiger partial charge in [0.05, 0.1) is 0 Å². The highest BCUT2D eigenvalue weighted by molar-refractivity contribution is 5.21. The predicted octanol–water partition coefficient (Wildman–Crippen LogP) is 1.57. The van der Waals surface area contributed by atoms with Crippen molar-refractivity contribution in [3.8, 4) is 0 Å². The number of piperidine rings is 1. The lowest BCUT2D eigenvalue weighted by Gasteiger charge is -2.31. The van der Waals surface area contributed by atoms with E-state index in [4.69, 9.17) is 0 Å². The Morgan fingerprint density at radius 2 is 2.44 bits per heavy atom. The van der Waals surface area contributed by atoms with Gasteiger partial charge in [-0.1, -0.05) is 0 Å². The largest absolute Gasteiger partial charge is 0.315 e. The molecule has 1 saturated heterocycles. The van der Waals surface area contributed by atoms with Gasteiger partial charge >= 0.3 is 0 Å². The van der Waals surface area contributed by atoms with Crippen LogP contribution in [0.3, 0.4) is 0 Å². The monoisotopic (exact) mass is 219 g/mol. The molecule has 1 aliphatic rings. The zero-order chi connectivity index (χ0) is 11.4. The molecule has 1 aliphatic heterocycles. The summed E-state index contributed by atoms with van der Waals surface area (Å²) in [5.74, 6) is 0. The van der Waals surface area contributed by atoms with E-state index in [1.807, 2.05) is 12.4 Å². The number of hydrogen-bond donors (Lipinski definition) is 1. The summed E-state index contributed by atoms with van der Waals surface area (Å²) in [6.07, 6.45) is 6.45. The Bertz CT molecular complexity index is 332. The molecule has 0 amide bonds. The minimum Gasteiger partial charge on any atom is -0.315 e. The van der Waals surface area contributed by atoms with E-state index in [0.29, 0.717) is 6.04 Å². The van der Waals surface area contributed by atoms with Gasteiger partial charge in [0.1, 0.15) is 0 Å². The minimum atomic E-state index is 0.674. The van der Waals surface area contributed by atoms with E-state index in [2.05, 4.69) is 35.2 Å². The van der Waals surface area contributed by atoms with E-state index in [1.54, 1.807) is 0 Å². The third-order valence-electron chi connectivity index (χ3n) is 3.46. The van der Waals surface area contributed by atoms with Gasteiger partial charge < -0.3 is 5.32 Å². The number of likely N-dealkylation sites (N-methyl/N-ethyl adjacent to an activating group) is 1. The van der Waals surface area contributed by atoms with Crippen LogP contribution < -0.4 is 5.32 Å². The van der Waals surface area contributed by atoms with Crippen LogP contribution in [0.4, 0.5) is 0 Å². The summed E-state index contributed by atoms with van der Waals surface area (Å²) in [5.41, 5.74) is 2.68. The van der Waals surface area contributed by atoms with Crippen molar-refractivity contribution >= 4 is 0 Å². The fourth-order valence-corrected chi connectivity index (χ4v) is 2.27. The fraction of sp³-hybridized carbons (Fsp3) is 0.615. The predicted molar refractivity (Wildman–Crippen MR) is 66.3 cm³/mol. The zero-order valence-electron chi connectivity index (χ0n) is 10.2. The number of rotatable bonds is 3. The van der Waals surface area contributed by atoms with Crippen LogP contribution in [0, 0.1) is 6.92 Å². The van der Waals surface area contributed by atoms with Gasteiger partial charge in [-0.25, -0.2) is 0 Å². The quantitative estimate of drug-likeness (QED) is 0.836. The number of aryl methyl sites for hydroxylation is 1. The Morgan fingerprint density at radius 1 is 1.56 bits per heavy atom. The zero-order valence-corrected chi connectivity index (χ0v) is 10.2. The van der Waals surface area contributed by atoms with Gasteiger partial charge in [-0.05, 0) is 50.6 Å². The van der Waals surface area contributed by atoms with Crippen molar-refractivity contribution in [1.29, 1.82) is 0 Å². The second-order valence-electron chi connectivity index (χ2n) is 4.72. The van der Waals surface area contributed by atoms with Crippen molar-refractivity contribution in [3.05, 3.63) is 29.6 Å². The average Bonchev–Trinajstić information content (AvgIpc) is 2.33. The lowest BCUT2D eigenvalue weighted by atomic mass is 10.0. The van der Waals surface area contributed by atoms with Crippen LogP contribution >= 0.6 is 0 Å². The molecule has 0 aliphatic carbocycles. The summed E-state index contributed by atoms with van der Waals surface area (Å²) in [7, 11) is 2.21. The number of aromatic nitrogens is 1. The molecule has 0 aromatic carbocycles. The standard InChI is InChI=1S/C13H21N3/c1-11-5-7-15-8-12(11)10-16(2)13-4-3-6-14-9-13/h5,7-8,13-14H,3-4,6,9-10H2,1-2H3. The van der Waals surface area contributed by atoms with Crippen molar-refractivity contribution in [1.82, 2.24) is 15.2 Å². The molecule has 1 fully saturated rings. The van der Waals surface area contributed by atoms with Gasteiger partial charge in [0.25, 0.3) is 0 Å². The lowest BCUT2D eigenvalue weighted by molar-refractivity contribution is 0.195. The molecule has 1 aromatic heterocycles. The van der Waals surface area contributed by atoms with E-state index in [-0.39, 0.29) is 0 Å². The molecule has 0 radical (unpaired) electrons. The first-order chi connectivity index (χ1) is 7.77. The van der Waals surface area contributed by atoms with Crippen molar-refractivity contribution in [2.75, 3.05) is 20.1 Å². The minimum absolute atomic E-state index is 0.674. The van der Waals surface area contributed by atoms with Crippen LogP contribution in [0.1, 0.15) is 24.0 Å². The Labute approximate surface area is 97.9 Å². The molecule has 88 valence electrons. The first-order valence-corrected chi connectivity index (χ1v) is 6.08. The summed E-state index contributed by atoms with van der Waals surface area (Å²) in [4.78, 5) is 6.64. The number of nitrogens with zero attached hydrogens (tertiary/aromatic N) is 2. The summed E-state index contributed by atoms with van der Waals surface area (Å²) >= 11 is 0. The molecule has 3 heteroatoms. The van der Waals surface area contributed by atoms with E-state index >= 15 is 0 Å². The Hall–Kier alpha value is -0.930. The molecule has 2 heterocycles. The first-order valence-electron chi connectivity index (χ1n) is 6.08. The van der Waals surface area contributed by atoms with Gasteiger partial charge in [-0.15, -0.1) is 0 Å². The van der Waals surface area contributed by atoms with Crippen LogP contribution in [0.15, 0.2) is 18.5 Å². The normalized spacial score (nSPS) is 21.3. The molecule has 0 bridgehead atoms. The van der Waals surface area contributed by atoms with Crippen molar-refractivity contribution in [2.45, 2.75) is 32.4 Å². The van der Waals surface area contributed by atoms with E-state index in [9.17, 15) is 0 Å². The second-order valence-corrected chi connectivity index (χ2v) is 4.72. The molecule has 1 unspecified atom stereocenters. The highest BCUT2D eigenvalue weighted by atomic mass is 15.2. The molecule has 1 N–H and O–H groups in total. The molecular weight excluding hydrogens is 198 g/mol. The molecular formula is C13H21N3. The third kappa shape index (κ3) is 2.80. The first kappa shape index (κ1) is 11.6. The number of pyridine rings is 1. The second kappa shape index (κ2) is 5.41. The van der Waals surface area contributed by atoms with E-state index in [0.717, 1.165) is 13.1 Å². The molecule has 1 aromatic rings. The van der Waals surface area contributed by atoms with Crippen LogP contribution in [-0.2, 0) is 6.54 Å². The van der Waals surface area contributed by atoms with Gasteiger partial charge in [0.15, 0.2) is 0 Å². The molecule has 1 atom stereocenters. The Balaban J connectivity index is 1.96. The van der Waals surface area contributed by atoms with Crippen LogP contribution in [0.25, 0.3) is 0 Å². The summed E-state index contributed by atoms with van der Waals surface area (Å²) in [6, 6.07) is 2.76. The van der Waals surface area contributed by atoms with Crippen molar-refractivity contribution < 1.29 is 0 Å². The fourth-order valence-electron chi connectivity index (χ4n) is 2.27. The van der Waals surface area contributed by atoms with Gasteiger partial charge in [-0.2, -0.15) is 0 Å². The highest BCUT2D eigenvalue weighted by Gasteiger charge is 2.17. The van der Waals surface area contributed by atoms with Crippen LogP contribution in [-0.4, -0.2) is 36.1 Å². The topological polar surface area (TPSA) is 28.2 Å². The van der Waals surface area contributed by atoms with E-state index in [1.165, 1.54) is 30.5 Å². The van der Waals surface area contributed by atoms with Gasteiger partial charge in [-0.3, -0.25) is 9.88 Å². The average molecular weight is 219 g/mol. The third-order valence-corrected chi connectivity index (χ3v) is 3.46. The van der Waals surface area contributed by atoms with Gasteiger partial charge in [0.2, 0.25) is 0 Å². The Morgan fingerprint density at radius 3 is 3.12 bits per heavy atom. The maximum absolute atomic E-state index is 4.20. The van der Waals surface area contributed by atoms with Crippen molar-refractivity contribution in [3.63, 3.8) is 0 Å². The maximum Gasteiger partial charge on any atom is 0.0315 e. The van der Waals surface area contributed by atoms with Crippen molar-refractivity contribution in [2.24, 2.45) is 0 Å². The molecule has 2 rings (SSSR count). The van der Waals surface area contributed by atoms with E-state index < -0.39 is 0 Å². The molecule has 3 nitrogen and oxygen atoms in total. The van der Waals surface area contributed by atoms with Crippen LogP contribution in [0.5, 0.6) is 0 Å².